The molecule has 1 heterocycles. The highest BCUT2D eigenvalue weighted by atomic mass is 16.5. The molecule has 20 heavy (non-hydrogen) atoms. The zero-order chi connectivity index (χ0) is 14.8. The highest BCUT2D eigenvalue weighted by Gasteiger charge is 2.09. The summed E-state index contributed by atoms with van der Waals surface area (Å²) in [7, 11) is 0. The number of rotatable bonds is 9. The average Bonchev–Trinajstić information content (AvgIpc) is 2.40. The largest absolute Gasteiger partial charge is 0.478 e. The minimum atomic E-state index is 0.109. The molecule has 0 aromatic carbocycles. The summed E-state index contributed by atoms with van der Waals surface area (Å²) in [5.41, 5.74) is 1.14. The van der Waals surface area contributed by atoms with Gasteiger partial charge in [0.1, 0.15) is 0 Å². The molecule has 0 bridgehead atoms. The molecule has 3 nitrogen and oxygen atoms in total. The number of unbranched alkanes of at least 4 members (excludes halogenated alkanes) is 4. The van der Waals surface area contributed by atoms with Gasteiger partial charge in [-0.05, 0) is 33.3 Å². The normalized spacial score (nSPS) is 11.6. The zero-order valence-electron chi connectivity index (χ0n) is 13.5. The molecular formula is C17H30N2O. The monoisotopic (exact) mass is 278 g/mol. The highest BCUT2D eigenvalue weighted by molar-refractivity contribution is 5.15. The Bertz CT molecular complexity index is 371. The van der Waals surface area contributed by atoms with Gasteiger partial charge in [-0.25, -0.2) is 4.98 Å². The van der Waals surface area contributed by atoms with Crippen LogP contribution < -0.4 is 10.1 Å². The van der Waals surface area contributed by atoms with Crippen molar-refractivity contribution in [3.63, 3.8) is 0 Å². The molecular weight excluding hydrogens is 248 g/mol. The fraction of sp³-hybridized carbons (Fsp3) is 0.706. The SMILES string of the molecule is CCCCCCCOc1cccc(CNC(C)(C)C)n1. The first kappa shape index (κ1) is 17.0. The van der Waals surface area contributed by atoms with Crippen LogP contribution in [0.4, 0.5) is 0 Å². The molecule has 1 aromatic heterocycles. The minimum Gasteiger partial charge on any atom is -0.478 e. The lowest BCUT2D eigenvalue weighted by Gasteiger charge is -2.20. The summed E-state index contributed by atoms with van der Waals surface area (Å²) in [6.07, 6.45) is 6.28. The summed E-state index contributed by atoms with van der Waals surface area (Å²) < 4.78 is 5.72. The van der Waals surface area contributed by atoms with Crippen molar-refractivity contribution in [2.75, 3.05) is 6.61 Å². The molecule has 114 valence electrons. The van der Waals surface area contributed by atoms with E-state index in [4.69, 9.17) is 4.74 Å². The smallest absolute Gasteiger partial charge is 0.213 e. The quantitative estimate of drug-likeness (QED) is 0.683. The van der Waals surface area contributed by atoms with Gasteiger partial charge in [0.25, 0.3) is 0 Å². The number of pyridine rings is 1. The number of ether oxygens (including phenoxy) is 1. The molecule has 0 saturated carbocycles. The fourth-order valence-corrected chi connectivity index (χ4v) is 1.87. The maximum absolute atomic E-state index is 5.72. The number of hydrogen-bond acceptors (Lipinski definition) is 3. The molecule has 0 unspecified atom stereocenters. The van der Waals surface area contributed by atoms with E-state index in [2.05, 4.69) is 38.0 Å². The Kier molecular flexibility index (Phi) is 7.60. The molecule has 1 rings (SSSR count). The summed E-state index contributed by atoms with van der Waals surface area (Å²) in [6.45, 7) is 10.2. The number of nitrogens with one attached hydrogen (secondary N) is 1. The Labute approximate surface area is 124 Å². The highest BCUT2D eigenvalue weighted by Crippen LogP contribution is 2.10. The van der Waals surface area contributed by atoms with Crippen molar-refractivity contribution in [1.29, 1.82) is 0 Å². The van der Waals surface area contributed by atoms with Crippen LogP contribution in [-0.4, -0.2) is 17.1 Å². The number of aromatic nitrogens is 1. The predicted octanol–water partition coefficient (Wildman–Crippen LogP) is 4.32. The van der Waals surface area contributed by atoms with E-state index >= 15 is 0 Å². The first-order chi connectivity index (χ1) is 9.51. The van der Waals surface area contributed by atoms with Crippen molar-refractivity contribution in [2.45, 2.75) is 71.9 Å². The van der Waals surface area contributed by atoms with E-state index in [1.807, 2.05) is 18.2 Å². The van der Waals surface area contributed by atoms with E-state index in [-0.39, 0.29) is 5.54 Å². The van der Waals surface area contributed by atoms with Crippen LogP contribution in [0.3, 0.4) is 0 Å². The first-order valence-electron chi connectivity index (χ1n) is 7.85. The summed E-state index contributed by atoms with van der Waals surface area (Å²) in [6, 6.07) is 5.98. The summed E-state index contributed by atoms with van der Waals surface area (Å²) in [5.74, 6) is 0.744. The van der Waals surface area contributed by atoms with Crippen LogP contribution in [0.2, 0.25) is 0 Å². The van der Waals surface area contributed by atoms with Crippen LogP contribution in [0.15, 0.2) is 18.2 Å². The van der Waals surface area contributed by atoms with Crippen LogP contribution in [-0.2, 0) is 6.54 Å². The van der Waals surface area contributed by atoms with E-state index in [1.54, 1.807) is 0 Å². The topological polar surface area (TPSA) is 34.1 Å². The van der Waals surface area contributed by atoms with Crippen molar-refractivity contribution in [3.8, 4) is 5.88 Å². The second-order valence-electron chi connectivity index (χ2n) is 6.33. The summed E-state index contributed by atoms with van der Waals surface area (Å²) in [5, 5.41) is 3.44. The Balaban J connectivity index is 2.29. The van der Waals surface area contributed by atoms with Gasteiger partial charge in [0.15, 0.2) is 0 Å². The Morgan fingerprint density at radius 1 is 1.10 bits per heavy atom. The molecule has 0 saturated heterocycles. The van der Waals surface area contributed by atoms with E-state index < -0.39 is 0 Å². The van der Waals surface area contributed by atoms with Crippen LogP contribution in [0.5, 0.6) is 5.88 Å². The molecule has 1 aromatic rings. The molecule has 0 spiro atoms. The van der Waals surface area contributed by atoms with Gasteiger partial charge in [0.05, 0.1) is 12.3 Å². The van der Waals surface area contributed by atoms with Crippen LogP contribution in [0.1, 0.15) is 65.5 Å². The summed E-state index contributed by atoms with van der Waals surface area (Å²) >= 11 is 0. The molecule has 1 N–H and O–H groups in total. The molecule has 0 fully saturated rings. The second-order valence-corrected chi connectivity index (χ2v) is 6.33. The molecule has 0 aliphatic rings. The van der Waals surface area contributed by atoms with Gasteiger partial charge in [0.2, 0.25) is 5.88 Å². The van der Waals surface area contributed by atoms with Crippen molar-refractivity contribution in [2.24, 2.45) is 0 Å². The maximum atomic E-state index is 5.72. The lowest BCUT2D eigenvalue weighted by molar-refractivity contribution is 0.292. The molecule has 0 aliphatic heterocycles. The van der Waals surface area contributed by atoms with Crippen LogP contribution in [0, 0.1) is 0 Å². The molecule has 0 amide bonds. The van der Waals surface area contributed by atoms with E-state index in [0.717, 1.165) is 31.1 Å². The lowest BCUT2D eigenvalue weighted by Crippen LogP contribution is -2.35. The Morgan fingerprint density at radius 2 is 1.85 bits per heavy atom. The standard InChI is InChI=1S/C17H30N2O/c1-5-6-7-8-9-13-20-16-12-10-11-15(19-16)14-18-17(2,3)4/h10-12,18H,5-9,13-14H2,1-4H3. The fourth-order valence-electron chi connectivity index (χ4n) is 1.87. The van der Waals surface area contributed by atoms with Gasteiger partial charge in [-0.3, -0.25) is 0 Å². The number of hydrogen-bond donors (Lipinski definition) is 1. The molecule has 0 atom stereocenters. The van der Waals surface area contributed by atoms with Gasteiger partial charge < -0.3 is 10.1 Å². The Hall–Kier alpha value is -1.09. The van der Waals surface area contributed by atoms with E-state index in [1.165, 1.54) is 25.7 Å². The van der Waals surface area contributed by atoms with Gasteiger partial charge in [0, 0.05) is 18.2 Å². The van der Waals surface area contributed by atoms with E-state index in [9.17, 15) is 0 Å². The summed E-state index contributed by atoms with van der Waals surface area (Å²) in [4.78, 5) is 4.53. The number of nitrogens with zero attached hydrogens (tertiary/aromatic N) is 1. The van der Waals surface area contributed by atoms with Crippen molar-refractivity contribution >= 4 is 0 Å². The third kappa shape index (κ3) is 8.16. The van der Waals surface area contributed by atoms with Gasteiger partial charge >= 0.3 is 0 Å². The van der Waals surface area contributed by atoms with Crippen molar-refractivity contribution < 1.29 is 4.74 Å². The van der Waals surface area contributed by atoms with Crippen molar-refractivity contribution in [3.05, 3.63) is 23.9 Å². The van der Waals surface area contributed by atoms with Gasteiger partial charge in [-0.2, -0.15) is 0 Å². The predicted molar refractivity (Wildman–Crippen MR) is 85.1 cm³/mol. The molecule has 3 heteroatoms. The van der Waals surface area contributed by atoms with Gasteiger partial charge in [-0.1, -0.05) is 38.7 Å². The second kappa shape index (κ2) is 8.96. The average molecular weight is 278 g/mol. The molecule has 0 aliphatic carbocycles. The van der Waals surface area contributed by atoms with E-state index in [0.29, 0.717) is 0 Å². The third-order valence-corrected chi connectivity index (χ3v) is 3.08. The third-order valence-electron chi connectivity index (χ3n) is 3.08. The van der Waals surface area contributed by atoms with Gasteiger partial charge in [-0.15, -0.1) is 0 Å². The minimum absolute atomic E-state index is 0.109. The maximum Gasteiger partial charge on any atom is 0.213 e. The molecule has 0 radical (unpaired) electrons. The lowest BCUT2D eigenvalue weighted by atomic mass is 10.1. The van der Waals surface area contributed by atoms with Crippen LogP contribution in [0.25, 0.3) is 0 Å². The zero-order valence-corrected chi connectivity index (χ0v) is 13.5. The van der Waals surface area contributed by atoms with Crippen LogP contribution >= 0.6 is 0 Å². The van der Waals surface area contributed by atoms with Crippen molar-refractivity contribution in [1.82, 2.24) is 10.3 Å². The Morgan fingerprint density at radius 3 is 2.55 bits per heavy atom. The first-order valence-corrected chi connectivity index (χ1v) is 7.85.